The zero-order valence-corrected chi connectivity index (χ0v) is 21.5. The predicted molar refractivity (Wildman–Crippen MR) is 142 cm³/mol. The van der Waals surface area contributed by atoms with Crippen molar-refractivity contribution in [3.05, 3.63) is 87.9 Å². The average molecular weight is 526 g/mol. The highest BCUT2D eigenvalue weighted by Crippen LogP contribution is 2.31. The topological polar surface area (TPSA) is 80.2 Å². The van der Waals surface area contributed by atoms with Crippen molar-refractivity contribution in [2.24, 2.45) is 4.99 Å². The third-order valence-electron chi connectivity index (χ3n) is 6.02. The number of fused-ring (bicyclic) bond motifs is 1. The van der Waals surface area contributed by atoms with E-state index in [4.69, 9.17) is 32.7 Å². The standard InChI is InChI=1S/C27H25Cl2N3O4/c1-32-22-14-17(16-7-5-4-6-8-16)9-10-19(22)15-30-25(27(32)34)31-26(33)24(36-3)23(35-2)18-11-12-20(28)21(29)13-18/h4-15,23-25H,1-3H3,(H,31,33)/t23-,24+,25+/m0/s1. The van der Waals surface area contributed by atoms with E-state index in [9.17, 15) is 9.59 Å². The summed E-state index contributed by atoms with van der Waals surface area (Å²) in [5.41, 5.74) is 4.05. The Morgan fingerprint density at radius 3 is 2.39 bits per heavy atom. The molecule has 3 aromatic rings. The molecule has 0 unspecified atom stereocenters. The van der Waals surface area contributed by atoms with Crippen LogP contribution >= 0.6 is 23.2 Å². The van der Waals surface area contributed by atoms with Crippen molar-refractivity contribution < 1.29 is 19.1 Å². The lowest BCUT2D eigenvalue weighted by atomic mass is 10.0. The second-order valence-corrected chi connectivity index (χ2v) is 9.03. The van der Waals surface area contributed by atoms with Gasteiger partial charge in [-0.1, -0.05) is 71.7 Å². The minimum Gasteiger partial charge on any atom is -0.373 e. The maximum Gasteiger partial charge on any atom is 0.272 e. The van der Waals surface area contributed by atoms with Gasteiger partial charge in [0.25, 0.3) is 11.8 Å². The van der Waals surface area contributed by atoms with Gasteiger partial charge < -0.3 is 19.7 Å². The van der Waals surface area contributed by atoms with Crippen molar-refractivity contribution in [3.63, 3.8) is 0 Å². The van der Waals surface area contributed by atoms with E-state index >= 15 is 0 Å². The minimum absolute atomic E-state index is 0.323. The average Bonchev–Trinajstić information content (AvgIpc) is 3.01. The van der Waals surface area contributed by atoms with Gasteiger partial charge in [0, 0.05) is 33.0 Å². The van der Waals surface area contributed by atoms with Crippen molar-refractivity contribution in [1.82, 2.24) is 5.32 Å². The van der Waals surface area contributed by atoms with Gasteiger partial charge in [-0.2, -0.15) is 0 Å². The van der Waals surface area contributed by atoms with Gasteiger partial charge in [0.1, 0.15) is 6.10 Å². The molecule has 7 nitrogen and oxygen atoms in total. The van der Waals surface area contributed by atoms with Crippen LogP contribution in [-0.2, 0) is 19.1 Å². The first-order valence-electron chi connectivity index (χ1n) is 11.1. The number of hydrogen-bond donors (Lipinski definition) is 1. The third kappa shape index (κ3) is 5.29. The number of aliphatic imine (C=N–C) groups is 1. The Bertz CT molecular complexity index is 1300. The van der Waals surface area contributed by atoms with Crippen LogP contribution in [0, 0.1) is 0 Å². The number of carbonyl (C=O) groups is 2. The third-order valence-corrected chi connectivity index (χ3v) is 6.76. The zero-order chi connectivity index (χ0) is 25.8. The molecule has 1 aliphatic heterocycles. The molecule has 0 radical (unpaired) electrons. The van der Waals surface area contributed by atoms with Gasteiger partial charge >= 0.3 is 0 Å². The molecule has 4 rings (SSSR count). The van der Waals surface area contributed by atoms with Crippen molar-refractivity contribution in [2.75, 3.05) is 26.2 Å². The van der Waals surface area contributed by atoms with Crippen molar-refractivity contribution >= 4 is 46.9 Å². The van der Waals surface area contributed by atoms with E-state index < -0.39 is 24.3 Å². The SMILES string of the molecule is CO[C@@H](C(=O)N[C@H]1N=Cc2ccc(-c3ccccc3)cc2N(C)C1=O)[C@@H](OC)c1ccc(Cl)c(Cl)c1. The molecule has 0 aromatic heterocycles. The Morgan fingerprint density at radius 1 is 0.972 bits per heavy atom. The Labute approximate surface area is 219 Å². The Hall–Kier alpha value is -3.23. The largest absolute Gasteiger partial charge is 0.373 e. The number of halogens is 2. The van der Waals surface area contributed by atoms with Gasteiger partial charge in [-0.3, -0.25) is 14.6 Å². The fourth-order valence-electron chi connectivity index (χ4n) is 4.08. The molecule has 186 valence electrons. The number of hydrogen-bond acceptors (Lipinski definition) is 5. The molecule has 1 aliphatic rings. The van der Waals surface area contributed by atoms with Gasteiger partial charge in [0.15, 0.2) is 6.10 Å². The highest BCUT2D eigenvalue weighted by atomic mass is 35.5. The molecule has 3 aromatic carbocycles. The highest BCUT2D eigenvalue weighted by Gasteiger charge is 2.34. The lowest BCUT2D eigenvalue weighted by Gasteiger charge is -2.27. The van der Waals surface area contributed by atoms with Crippen LogP contribution < -0.4 is 10.2 Å². The maximum atomic E-state index is 13.3. The molecule has 0 spiro atoms. The number of benzene rings is 3. The van der Waals surface area contributed by atoms with E-state index in [1.807, 2.05) is 48.5 Å². The van der Waals surface area contributed by atoms with Crippen LogP contribution in [0.2, 0.25) is 10.0 Å². The van der Waals surface area contributed by atoms with Crippen molar-refractivity contribution in [2.45, 2.75) is 18.4 Å². The summed E-state index contributed by atoms with van der Waals surface area (Å²) < 4.78 is 11.0. The van der Waals surface area contributed by atoms with Gasteiger partial charge in [-0.15, -0.1) is 0 Å². The van der Waals surface area contributed by atoms with E-state index in [1.165, 1.54) is 19.1 Å². The number of benzodiazepines with no additional fused rings is 1. The fourth-order valence-corrected chi connectivity index (χ4v) is 4.39. The van der Waals surface area contributed by atoms with Gasteiger partial charge in [0.05, 0.1) is 15.7 Å². The number of anilines is 1. The summed E-state index contributed by atoms with van der Waals surface area (Å²) in [6.07, 6.45) is -1.42. The van der Waals surface area contributed by atoms with Crippen molar-refractivity contribution in [3.8, 4) is 11.1 Å². The summed E-state index contributed by atoms with van der Waals surface area (Å²) in [5.74, 6) is -0.947. The lowest BCUT2D eigenvalue weighted by molar-refractivity contribution is -0.142. The molecule has 1 heterocycles. The Morgan fingerprint density at radius 2 is 1.72 bits per heavy atom. The van der Waals surface area contributed by atoms with Gasteiger partial charge in [-0.25, -0.2) is 0 Å². The van der Waals surface area contributed by atoms with Crippen LogP contribution in [0.1, 0.15) is 17.2 Å². The Balaban J connectivity index is 1.55. The van der Waals surface area contributed by atoms with Crippen molar-refractivity contribution in [1.29, 1.82) is 0 Å². The van der Waals surface area contributed by atoms with E-state index in [-0.39, 0.29) is 5.91 Å². The fraction of sp³-hybridized carbons (Fsp3) is 0.222. The molecule has 36 heavy (non-hydrogen) atoms. The van der Waals surface area contributed by atoms with E-state index in [0.717, 1.165) is 16.7 Å². The Kier molecular flexibility index (Phi) is 8.06. The highest BCUT2D eigenvalue weighted by molar-refractivity contribution is 6.42. The van der Waals surface area contributed by atoms with Gasteiger partial charge in [-0.05, 0) is 34.9 Å². The van der Waals surface area contributed by atoms with Crippen LogP contribution in [0.3, 0.4) is 0 Å². The number of amides is 2. The van der Waals surface area contributed by atoms with Crippen LogP contribution in [-0.4, -0.2) is 51.6 Å². The number of rotatable bonds is 7. The molecule has 2 amide bonds. The number of methoxy groups -OCH3 is 2. The summed E-state index contributed by atoms with van der Waals surface area (Å²) in [6.45, 7) is 0. The molecule has 3 atom stereocenters. The summed E-state index contributed by atoms with van der Waals surface area (Å²) in [7, 11) is 4.50. The molecule has 1 N–H and O–H groups in total. The molecule has 0 saturated heterocycles. The smallest absolute Gasteiger partial charge is 0.272 e. The number of ether oxygens (including phenoxy) is 2. The van der Waals surface area contributed by atoms with Crippen LogP contribution in [0.4, 0.5) is 5.69 Å². The summed E-state index contributed by atoms with van der Waals surface area (Å²) in [5, 5.41) is 3.39. The molecule has 0 fully saturated rings. The van der Waals surface area contributed by atoms with E-state index in [0.29, 0.717) is 21.3 Å². The summed E-state index contributed by atoms with van der Waals surface area (Å²) in [6, 6.07) is 20.6. The van der Waals surface area contributed by atoms with Gasteiger partial charge in [0.2, 0.25) is 6.17 Å². The monoisotopic (exact) mass is 525 g/mol. The van der Waals surface area contributed by atoms with E-state index in [2.05, 4.69) is 10.3 Å². The van der Waals surface area contributed by atoms with E-state index in [1.54, 1.807) is 31.5 Å². The summed E-state index contributed by atoms with van der Waals surface area (Å²) >= 11 is 12.2. The molecule has 0 saturated carbocycles. The molecule has 0 aliphatic carbocycles. The number of carbonyl (C=O) groups excluding carboxylic acids is 2. The number of likely N-dealkylation sites (N-methyl/N-ethyl adjacent to an activating group) is 1. The minimum atomic E-state index is -1.14. The molecular formula is C27H25Cl2N3O4. The second kappa shape index (κ2) is 11.2. The predicted octanol–water partition coefficient (Wildman–Crippen LogP) is 4.90. The number of nitrogens with one attached hydrogen (secondary N) is 1. The normalized spacial score (nSPS) is 16.8. The molecule has 9 heteroatoms. The van der Waals surface area contributed by atoms with Crippen LogP contribution in [0.25, 0.3) is 11.1 Å². The zero-order valence-electron chi connectivity index (χ0n) is 19.9. The number of nitrogens with zero attached hydrogens (tertiary/aromatic N) is 2. The lowest BCUT2D eigenvalue weighted by Crippen LogP contribution is -2.50. The maximum absolute atomic E-state index is 13.3. The summed E-state index contributed by atoms with van der Waals surface area (Å²) in [4.78, 5) is 32.4. The first-order valence-corrected chi connectivity index (χ1v) is 11.9. The first-order chi connectivity index (χ1) is 17.3. The first kappa shape index (κ1) is 25.9. The molecule has 0 bridgehead atoms. The molecular weight excluding hydrogens is 501 g/mol. The van der Waals surface area contributed by atoms with Crippen LogP contribution in [0.15, 0.2) is 71.7 Å². The second-order valence-electron chi connectivity index (χ2n) is 8.21. The quantitative estimate of drug-likeness (QED) is 0.475. The van der Waals surface area contributed by atoms with Crippen LogP contribution in [0.5, 0.6) is 0 Å².